The molecule has 1 heterocycles. The van der Waals surface area contributed by atoms with Crippen LogP contribution in [0.4, 0.5) is 0 Å². The Kier molecular flexibility index (Phi) is 3.09. The molecule has 4 nitrogen and oxygen atoms in total. The maximum atomic E-state index is 6.05. The Morgan fingerprint density at radius 2 is 2.07 bits per heavy atom. The highest BCUT2D eigenvalue weighted by Crippen LogP contribution is 2.14. The number of hydrogen-bond donors (Lipinski definition) is 2. The van der Waals surface area contributed by atoms with Gasteiger partial charge in [-0.1, -0.05) is 30.3 Å². The van der Waals surface area contributed by atoms with Crippen molar-refractivity contribution in [2.45, 2.75) is 18.9 Å². The summed E-state index contributed by atoms with van der Waals surface area (Å²) in [6, 6.07) is 10.2. The minimum absolute atomic E-state index is 0.0660. The number of benzene rings is 1. The van der Waals surface area contributed by atoms with Crippen molar-refractivity contribution < 1.29 is 0 Å². The number of nitrogens with one attached hydrogen (secondary N) is 1. The highest BCUT2D eigenvalue weighted by atomic mass is 15.2. The topological polar surface area (TPSA) is 67.6 Å². The largest absolute Gasteiger partial charge is 0.324 e. The monoisotopic (exact) mass is 202 g/mol. The number of nitrogens with zero attached hydrogens (tertiary/aromatic N) is 2. The summed E-state index contributed by atoms with van der Waals surface area (Å²) in [5.74, 6) is 0.890. The lowest BCUT2D eigenvalue weighted by atomic mass is 10.0. The first-order chi connectivity index (χ1) is 7.36. The Balaban J connectivity index is 1.90. The summed E-state index contributed by atoms with van der Waals surface area (Å²) >= 11 is 0. The summed E-state index contributed by atoms with van der Waals surface area (Å²) in [7, 11) is 0. The second-order valence-corrected chi connectivity index (χ2v) is 3.49. The summed E-state index contributed by atoms with van der Waals surface area (Å²) < 4.78 is 0. The van der Waals surface area contributed by atoms with Gasteiger partial charge in [0.25, 0.3) is 0 Å². The van der Waals surface area contributed by atoms with Gasteiger partial charge in [0, 0.05) is 12.5 Å². The maximum Gasteiger partial charge on any atom is 0.137 e. The van der Waals surface area contributed by atoms with E-state index in [2.05, 4.69) is 15.2 Å². The second-order valence-electron chi connectivity index (χ2n) is 3.49. The average molecular weight is 202 g/mol. The summed E-state index contributed by atoms with van der Waals surface area (Å²) in [6.45, 7) is 0. The maximum absolute atomic E-state index is 6.05. The SMILES string of the molecule is NC(CCc1ncn[nH]1)c1ccccc1. The minimum atomic E-state index is 0.0660. The van der Waals surface area contributed by atoms with Gasteiger partial charge in [-0.05, 0) is 12.0 Å². The van der Waals surface area contributed by atoms with Crippen LogP contribution in [0.3, 0.4) is 0 Å². The summed E-state index contributed by atoms with van der Waals surface area (Å²) in [5.41, 5.74) is 7.21. The van der Waals surface area contributed by atoms with E-state index in [9.17, 15) is 0 Å². The van der Waals surface area contributed by atoms with E-state index < -0.39 is 0 Å². The van der Waals surface area contributed by atoms with Gasteiger partial charge in [-0.2, -0.15) is 5.10 Å². The Morgan fingerprint density at radius 3 is 2.73 bits per heavy atom. The molecule has 1 aromatic carbocycles. The molecule has 78 valence electrons. The van der Waals surface area contributed by atoms with Gasteiger partial charge < -0.3 is 5.73 Å². The van der Waals surface area contributed by atoms with Crippen LogP contribution in [0.5, 0.6) is 0 Å². The molecule has 0 aliphatic rings. The molecule has 1 atom stereocenters. The molecule has 15 heavy (non-hydrogen) atoms. The average Bonchev–Trinajstić information content (AvgIpc) is 2.80. The van der Waals surface area contributed by atoms with Crippen LogP contribution in [0.15, 0.2) is 36.7 Å². The Hall–Kier alpha value is -1.68. The molecule has 0 aliphatic carbocycles. The van der Waals surface area contributed by atoms with Crippen molar-refractivity contribution >= 4 is 0 Å². The zero-order chi connectivity index (χ0) is 10.5. The molecule has 0 radical (unpaired) electrons. The number of rotatable bonds is 4. The molecule has 4 heteroatoms. The van der Waals surface area contributed by atoms with Gasteiger partial charge in [0.2, 0.25) is 0 Å². The van der Waals surface area contributed by atoms with Gasteiger partial charge >= 0.3 is 0 Å². The van der Waals surface area contributed by atoms with Crippen molar-refractivity contribution in [1.82, 2.24) is 15.2 Å². The van der Waals surface area contributed by atoms with Crippen LogP contribution in [0.2, 0.25) is 0 Å². The molecule has 0 aliphatic heterocycles. The van der Waals surface area contributed by atoms with E-state index in [1.54, 1.807) is 0 Å². The molecule has 0 bridgehead atoms. The number of aromatic amines is 1. The number of aromatic nitrogens is 3. The Bertz CT molecular complexity index is 382. The third-order valence-electron chi connectivity index (χ3n) is 2.38. The zero-order valence-corrected chi connectivity index (χ0v) is 8.43. The van der Waals surface area contributed by atoms with Crippen LogP contribution in [-0.2, 0) is 6.42 Å². The molecule has 0 amide bonds. The molecule has 0 fully saturated rings. The van der Waals surface area contributed by atoms with Crippen molar-refractivity contribution in [3.63, 3.8) is 0 Å². The fourth-order valence-corrected chi connectivity index (χ4v) is 1.51. The Labute approximate surface area is 88.5 Å². The van der Waals surface area contributed by atoms with Crippen molar-refractivity contribution in [1.29, 1.82) is 0 Å². The van der Waals surface area contributed by atoms with E-state index in [0.29, 0.717) is 0 Å². The standard InChI is InChI=1S/C11H14N4/c12-10(9-4-2-1-3-5-9)6-7-11-13-8-14-15-11/h1-5,8,10H,6-7,12H2,(H,13,14,15). The number of aryl methyl sites for hydroxylation is 1. The number of nitrogens with two attached hydrogens (primary N) is 1. The highest BCUT2D eigenvalue weighted by Gasteiger charge is 2.06. The first-order valence-electron chi connectivity index (χ1n) is 5.01. The van der Waals surface area contributed by atoms with E-state index in [4.69, 9.17) is 5.73 Å². The third kappa shape index (κ3) is 2.63. The van der Waals surface area contributed by atoms with Crippen LogP contribution < -0.4 is 5.73 Å². The number of H-pyrrole nitrogens is 1. The molecule has 0 saturated heterocycles. The molecule has 2 aromatic rings. The molecule has 2 rings (SSSR count). The predicted octanol–water partition coefficient (Wildman–Crippen LogP) is 1.44. The van der Waals surface area contributed by atoms with Crippen LogP contribution >= 0.6 is 0 Å². The molecule has 0 saturated carbocycles. The van der Waals surface area contributed by atoms with Crippen LogP contribution in [0, 0.1) is 0 Å². The quantitative estimate of drug-likeness (QED) is 0.788. The lowest BCUT2D eigenvalue weighted by Crippen LogP contribution is -2.11. The summed E-state index contributed by atoms with van der Waals surface area (Å²) in [6.07, 6.45) is 3.22. The van der Waals surface area contributed by atoms with Gasteiger partial charge in [0.1, 0.15) is 12.2 Å². The van der Waals surface area contributed by atoms with Crippen molar-refractivity contribution in [2.75, 3.05) is 0 Å². The van der Waals surface area contributed by atoms with Crippen molar-refractivity contribution in [3.05, 3.63) is 48.0 Å². The molecular formula is C11H14N4. The minimum Gasteiger partial charge on any atom is -0.324 e. The number of hydrogen-bond acceptors (Lipinski definition) is 3. The third-order valence-corrected chi connectivity index (χ3v) is 2.38. The molecule has 1 aromatic heterocycles. The van der Waals surface area contributed by atoms with Crippen molar-refractivity contribution in [3.8, 4) is 0 Å². The first kappa shape index (κ1) is 9.86. The van der Waals surface area contributed by atoms with Gasteiger partial charge in [-0.15, -0.1) is 0 Å². The molecule has 3 N–H and O–H groups in total. The second kappa shape index (κ2) is 4.70. The summed E-state index contributed by atoms with van der Waals surface area (Å²) in [4.78, 5) is 4.06. The lowest BCUT2D eigenvalue weighted by molar-refractivity contribution is 0.636. The Morgan fingerprint density at radius 1 is 1.27 bits per heavy atom. The van der Waals surface area contributed by atoms with E-state index >= 15 is 0 Å². The van der Waals surface area contributed by atoms with Gasteiger partial charge in [0.15, 0.2) is 0 Å². The molecule has 1 unspecified atom stereocenters. The highest BCUT2D eigenvalue weighted by molar-refractivity contribution is 5.18. The molecule has 0 spiro atoms. The molecular weight excluding hydrogens is 188 g/mol. The van der Waals surface area contributed by atoms with Gasteiger partial charge in [0.05, 0.1) is 0 Å². The zero-order valence-electron chi connectivity index (χ0n) is 8.43. The van der Waals surface area contributed by atoms with E-state index in [0.717, 1.165) is 24.2 Å². The smallest absolute Gasteiger partial charge is 0.137 e. The first-order valence-corrected chi connectivity index (χ1v) is 5.01. The van der Waals surface area contributed by atoms with Crippen LogP contribution in [0.1, 0.15) is 23.9 Å². The van der Waals surface area contributed by atoms with E-state index in [1.165, 1.54) is 6.33 Å². The van der Waals surface area contributed by atoms with Crippen LogP contribution in [0.25, 0.3) is 0 Å². The predicted molar refractivity (Wildman–Crippen MR) is 58.1 cm³/mol. The van der Waals surface area contributed by atoms with Gasteiger partial charge in [-0.25, -0.2) is 4.98 Å². The van der Waals surface area contributed by atoms with Gasteiger partial charge in [-0.3, -0.25) is 5.10 Å². The van der Waals surface area contributed by atoms with E-state index in [-0.39, 0.29) is 6.04 Å². The summed E-state index contributed by atoms with van der Waals surface area (Å²) in [5, 5.41) is 6.62. The normalized spacial score (nSPS) is 12.6. The lowest BCUT2D eigenvalue weighted by Gasteiger charge is -2.10. The van der Waals surface area contributed by atoms with Crippen LogP contribution in [-0.4, -0.2) is 15.2 Å². The fourth-order valence-electron chi connectivity index (χ4n) is 1.51. The van der Waals surface area contributed by atoms with Crippen molar-refractivity contribution in [2.24, 2.45) is 5.73 Å². The fraction of sp³-hybridized carbons (Fsp3) is 0.273. The van der Waals surface area contributed by atoms with E-state index in [1.807, 2.05) is 30.3 Å².